The molecule has 7 heterocycles. The number of hydrogen-bond donors (Lipinski definition) is 0. The van der Waals surface area contributed by atoms with Crippen molar-refractivity contribution in [2.24, 2.45) is 0 Å². The Labute approximate surface area is 420 Å². The van der Waals surface area contributed by atoms with Crippen LogP contribution in [0.5, 0.6) is 0 Å². The third kappa shape index (κ3) is 4.71. The van der Waals surface area contributed by atoms with Gasteiger partial charge in [-0.3, -0.25) is 0 Å². The molecular formula is C66H39B2N5. The Kier molecular flexibility index (Phi) is 7.19. The summed E-state index contributed by atoms with van der Waals surface area (Å²) in [5.41, 5.74) is 26.3. The molecule has 4 aliphatic heterocycles. The molecule has 5 nitrogen and oxygen atoms in total. The summed E-state index contributed by atoms with van der Waals surface area (Å²) in [6, 6.07) is 88.8. The van der Waals surface area contributed by atoms with Gasteiger partial charge in [0.05, 0.1) is 22.2 Å². The smallest absolute Gasteiger partial charge is 0.252 e. The summed E-state index contributed by atoms with van der Waals surface area (Å²) < 4.78 is 7.84. The number of benzene rings is 11. The second kappa shape index (κ2) is 13.7. The van der Waals surface area contributed by atoms with Crippen LogP contribution < -0.4 is 42.6 Å². The van der Waals surface area contributed by atoms with Gasteiger partial charge in [0.2, 0.25) is 0 Å². The number of nitrogens with zero attached hydrogens (tertiary/aromatic N) is 5. The van der Waals surface area contributed by atoms with Gasteiger partial charge in [-0.25, -0.2) is 0 Å². The van der Waals surface area contributed by atoms with E-state index in [-0.39, 0.29) is 13.4 Å². The van der Waals surface area contributed by atoms with Crippen molar-refractivity contribution in [1.82, 2.24) is 13.7 Å². The van der Waals surface area contributed by atoms with E-state index in [2.05, 4.69) is 260 Å². The Hall–Kier alpha value is -9.45. The largest absolute Gasteiger partial charge is 0.311 e. The van der Waals surface area contributed by atoms with Gasteiger partial charge >= 0.3 is 0 Å². The summed E-state index contributed by atoms with van der Waals surface area (Å²) in [6.45, 7) is 0.116. The van der Waals surface area contributed by atoms with Gasteiger partial charge in [-0.05, 0) is 118 Å². The van der Waals surface area contributed by atoms with Crippen LogP contribution in [0.25, 0.3) is 82.5 Å². The molecule has 0 bridgehead atoms. The lowest BCUT2D eigenvalue weighted by Crippen LogP contribution is -2.60. The van der Waals surface area contributed by atoms with E-state index in [1.807, 2.05) is 0 Å². The minimum Gasteiger partial charge on any atom is -0.311 e. The summed E-state index contributed by atoms with van der Waals surface area (Å²) in [6.07, 6.45) is 0. The molecule has 11 aromatic carbocycles. The van der Waals surface area contributed by atoms with E-state index in [0.29, 0.717) is 0 Å². The van der Waals surface area contributed by atoms with E-state index in [4.69, 9.17) is 0 Å². The average Bonchev–Trinajstić information content (AvgIpc) is 4.15. The van der Waals surface area contributed by atoms with Crippen molar-refractivity contribution in [2.45, 2.75) is 0 Å². The first-order chi connectivity index (χ1) is 36.3. The topological polar surface area (TPSA) is 21.3 Å². The monoisotopic (exact) mass is 923 g/mol. The molecule has 0 fully saturated rings. The van der Waals surface area contributed by atoms with Gasteiger partial charge in [-0.2, -0.15) is 0 Å². The van der Waals surface area contributed by atoms with Crippen molar-refractivity contribution in [3.8, 4) is 17.1 Å². The second-order valence-electron chi connectivity index (χ2n) is 20.4. The number of fused-ring (bicyclic) bond motifs is 17. The Bertz CT molecular complexity index is 4720. The standard InChI is InChI=1S/C66H39B2N5/c1-4-18-40(19-5-1)69(41-20-6-2-7-21-41)43-36-60-63-61(37-43)73-59-39-58-48(38-49(59)47-27-16-31-53(66(47)73)68(63)52-30-14-25-45-44-24-10-12-32-54(44)71(60)64(45)52)46-26-15-29-51-65(46)72(58)57-35-17-34-56-62(57)67(51)50-28-11-13-33-55(50)70(56)42-22-8-3-9-23-42/h1-39H. The maximum absolute atomic E-state index is 2.65. The van der Waals surface area contributed by atoms with Gasteiger partial charge in [0.1, 0.15) is 0 Å². The number of hydrogen-bond acceptors (Lipinski definition) is 2. The van der Waals surface area contributed by atoms with Crippen LogP contribution in [0, 0.1) is 0 Å². The summed E-state index contributed by atoms with van der Waals surface area (Å²) in [5.74, 6) is 0. The zero-order valence-corrected chi connectivity index (χ0v) is 39.4. The first kappa shape index (κ1) is 38.3. The molecular weight excluding hydrogens is 884 g/mol. The summed E-state index contributed by atoms with van der Waals surface area (Å²) in [7, 11) is 0. The molecule has 0 spiro atoms. The van der Waals surface area contributed by atoms with Crippen molar-refractivity contribution in [2.75, 3.05) is 9.80 Å². The lowest BCUT2D eigenvalue weighted by Gasteiger charge is -2.40. The highest BCUT2D eigenvalue weighted by atomic mass is 15.2. The molecule has 14 aromatic rings. The molecule has 0 atom stereocenters. The quantitative estimate of drug-likeness (QED) is 0.164. The SMILES string of the molecule is c1ccc(N(c2ccccc2)c2cc3c4c(c2)-n2c5cc6c(cc5c5cccc(c52)B4c2cccc4c5ccccc5n-3c24)c2cccc3c2n6-c2cccc4c2B3c2ccccc2N4c2ccccc2)cc1. The Morgan fingerprint density at radius 3 is 1.36 bits per heavy atom. The minimum absolute atomic E-state index is 0.0300. The number of rotatable bonds is 4. The zero-order chi connectivity index (χ0) is 47.2. The zero-order valence-electron chi connectivity index (χ0n) is 39.4. The predicted molar refractivity (Wildman–Crippen MR) is 308 cm³/mol. The van der Waals surface area contributed by atoms with Crippen LogP contribution in [0.2, 0.25) is 0 Å². The van der Waals surface area contributed by atoms with E-state index in [9.17, 15) is 0 Å². The van der Waals surface area contributed by atoms with Crippen molar-refractivity contribution in [3.63, 3.8) is 0 Å². The van der Waals surface area contributed by atoms with Crippen LogP contribution in [0.4, 0.5) is 34.1 Å². The molecule has 0 unspecified atom stereocenters. The molecule has 73 heavy (non-hydrogen) atoms. The van der Waals surface area contributed by atoms with Crippen molar-refractivity contribution < 1.29 is 0 Å². The summed E-state index contributed by atoms with van der Waals surface area (Å²) >= 11 is 0. The highest BCUT2D eigenvalue weighted by molar-refractivity contribution is 7.01. The molecule has 0 N–H and O–H groups in total. The van der Waals surface area contributed by atoms with Crippen LogP contribution in [0.15, 0.2) is 237 Å². The van der Waals surface area contributed by atoms with Crippen LogP contribution in [0.3, 0.4) is 0 Å². The Morgan fingerprint density at radius 1 is 0.274 bits per heavy atom. The molecule has 0 aliphatic carbocycles. The lowest BCUT2D eigenvalue weighted by molar-refractivity contribution is 1.13. The van der Waals surface area contributed by atoms with E-state index in [1.54, 1.807) is 0 Å². The second-order valence-corrected chi connectivity index (χ2v) is 20.4. The molecule has 0 amide bonds. The van der Waals surface area contributed by atoms with Crippen molar-refractivity contribution in [1.29, 1.82) is 0 Å². The minimum atomic E-state index is 0.0300. The van der Waals surface area contributed by atoms with Crippen LogP contribution in [-0.4, -0.2) is 27.1 Å². The molecule has 0 saturated carbocycles. The van der Waals surface area contributed by atoms with E-state index in [0.717, 1.165) is 22.7 Å². The molecule has 334 valence electrons. The van der Waals surface area contributed by atoms with Crippen molar-refractivity contribution >= 4 is 146 Å². The lowest BCUT2D eigenvalue weighted by atomic mass is 9.34. The van der Waals surface area contributed by atoms with Crippen LogP contribution in [0.1, 0.15) is 0 Å². The first-order valence-electron chi connectivity index (χ1n) is 25.5. The average molecular weight is 924 g/mol. The van der Waals surface area contributed by atoms with E-state index in [1.165, 1.54) is 127 Å². The van der Waals surface area contributed by atoms with E-state index < -0.39 is 0 Å². The van der Waals surface area contributed by atoms with E-state index >= 15 is 0 Å². The first-order valence-corrected chi connectivity index (χ1v) is 25.5. The van der Waals surface area contributed by atoms with Gasteiger partial charge in [0, 0.05) is 94.4 Å². The van der Waals surface area contributed by atoms with Gasteiger partial charge in [0.15, 0.2) is 0 Å². The third-order valence-electron chi connectivity index (χ3n) is 16.9. The van der Waals surface area contributed by atoms with Gasteiger partial charge in [-0.15, -0.1) is 0 Å². The normalized spacial score (nSPS) is 13.4. The molecule has 0 radical (unpaired) electrons. The highest BCUT2D eigenvalue weighted by Gasteiger charge is 2.44. The molecule has 7 heteroatoms. The van der Waals surface area contributed by atoms with Gasteiger partial charge < -0.3 is 23.5 Å². The fraction of sp³-hybridized carbons (Fsp3) is 0. The Morgan fingerprint density at radius 2 is 0.712 bits per heavy atom. The molecule has 3 aromatic heterocycles. The fourth-order valence-corrected chi connectivity index (χ4v) is 14.3. The number of anilines is 6. The number of para-hydroxylation sites is 8. The van der Waals surface area contributed by atoms with Crippen molar-refractivity contribution in [3.05, 3.63) is 237 Å². The van der Waals surface area contributed by atoms with Crippen LogP contribution >= 0.6 is 0 Å². The maximum Gasteiger partial charge on any atom is 0.252 e. The van der Waals surface area contributed by atoms with Gasteiger partial charge in [0.25, 0.3) is 13.4 Å². The summed E-state index contributed by atoms with van der Waals surface area (Å²) in [5, 5.41) is 7.70. The molecule has 4 aliphatic rings. The Balaban J connectivity index is 0.982. The van der Waals surface area contributed by atoms with Gasteiger partial charge in [-0.1, -0.05) is 152 Å². The maximum atomic E-state index is 2.65. The molecule has 0 saturated heterocycles. The summed E-state index contributed by atoms with van der Waals surface area (Å²) in [4.78, 5) is 4.92. The highest BCUT2D eigenvalue weighted by Crippen LogP contribution is 2.46. The predicted octanol–water partition coefficient (Wildman–Crippen LogP) is 12.2. The van der Waals surface area contributed by atoms with Crippen LogP contribution in [-0.2, 0) is 0 Å². The number of aromatic nitrogens is 3. The molecule has 18 rings (SSSR count). The fourth-order valence-electron chi connectivity index (χ4n) is 14.3. The third-order valence-corrected chi connectivity index (χ3v) is 16.9.